The topological polar surface area (TPSA) is 69.6 Å². The first-order chi connectivity index (χ1) is 14.5. The number of thiophene rings is 1. The molecule has 30 heavy (non-hydrogen) atoms. The predicted octanol–water partition coefficient (Wildman–Crippen LogP) is 3.77. The van der Waals surface area contributed by atoms with Gasteiger partial charge in [0.15, 0.2) is 0 Å². The Morgan fingerprint density at radius 1 is 1.10 bits per heavy atom. The summed E-state index contributed by atoms with van der Waals surface area (Å²) >= 11 is 1.38. The Labute approximate surface area is 177 Å². The van der Waals surface area contributed by atoms with Crippen molar-refractivity contribution in [1.29, 1.82) is 0 Å². The molecule has 0 bridgehead atoms. The summed E-state index contributed by atoms with van der Waals surface area (Å²) in [5.41, 5.74) is 2.19. The lowest BCUT2D eigenvalue weighted by atomic mass is 10.0. The first-order valence-corrected chi connectivity index (χ1v) is 10.5. The van der Waals surface area contributed by atoms with Crippen LogP contribution in [0.5, 0.6) is 0 Å². The Hall–Kier alpha value is -3.03. The zero-order valence-electron chi connectivity index (χ0n) is 16.1. The van der Waals surface area contributed by atoms with Crippen LogP contribution in [-0.2, 0) is 6.54 Å². The molecule has 0 saturated carbocycles. The quantitative estimate of drug-likeness (QED) is 0.655. The van der Waals surface area contributed by atoms with Crippen LogP contribution in [0.1, 0.15) is 43.6 Å². The van der Waals surface area contributed by atoms with Crippen molar-refractivity contribution in [2.45, 2.75) is 25.1 Å². The van der Waals surface area contributed by atoms with E-state index in [-0.39, 0.29) is 30.2 Å². The van der Waals surface area contributed by atoms with E-state index >= 15 is 0 Å². The number of β-amino-alcohol motifs (C(OH)–C–C–N with tert-alkyl or cyclic N) is 1. The van der Waals surface area contributed by atoms with Gasteiger partial charge in [-0.1, -0.05) is 30.3 Å². The van der Waals surface area contributed by atoms with E-state index < -0.39 is 6.10 Å². The lowest BCUT2D eigenvalue weighted by molar-refractivity contribution is 0.0715. The number of rotatable bonds is 5. The van der Waals surface area contributed by atoms with Gasteiger partial charge in [0.05, 0.1) is 17.0 Å². The van der Waals surface area contributed by atoms with Crippen molar-refractivity contribution in [2.75, 3.05) is 6.54 Å². The smallest absolute Gasteiger partial charge is 0.261 e. The van der Waals surface area contributed by atoms with E-state index in [1.165, 1.54) is 23.5 Å². The Balaban J connectivity index is 1.43. The SMILES string of the molecule is O=C(NCc1ccc(C(=O)N2C[C@@H](O)C[C@@H]2c2ccc(F)cc2)cc1)c1cccs1. The van der Waals surface area contributed by atoms with Crippen LogP contribution in [-0.4, -0.2) is 34.5 Å². The molecular formula is C23H21FN2O3S. The fraction of sp³-hybridized carbons (Fsp3) is 0.217. The summed E-state index contributed by atoms with van der Waals surface area (Å²) < 4.78 is 13.2. The minimum atomic E-state index is -0.615. The number of carbonyl (C=O) groups is 2. The molecule has 154 valence electrons. The second-order valence-corrected chi connectivity index (χ2v) is 8.22. The highest BCUT2D eigenvalue weighted by Gasteiger charge is 2.35. The van der Waals surface area contributed by atoms with Crippen LogP contribution < -0.4 is 5.32 Å². The Morgan fingerprint density at radius 3 is 2.50 bits per heavy atom. The van der Waals surface area contributed by atoms with Gasteiger partial charge >= 0.3 is 0 Å². The van der Waals surface area contributed by atoms with Crippen LogP contribution >= 0.6 is 11.3 Å². The molecule has 1 aliphatic heterocycles. The van der Waals surface area contributed by atoms with Crippen LogP contribution in [0, 0.1) is 5.82 Å². The molecule has 3 aromatic rings. The van der Waals surface area contributed by atoms with Crippen LogP contribution in [0.25, 0.3) is 0 Å². The summed E-state index contributed by atoms with van der Waals surface area (Å²) in [5, 5.41) is 14.8. The summed E-state index contributed by atoms with van der Waals surface area (Å²) in [6.45, 7) is 0.603. The molecule has 1 fully saturated rings. The molecule has 2 atom stereocenters. The number of likely N-dealkylation sites (tertiary alicyclic amines) is 1. The summed E-state index contributed by atoms with van der Waals surface area (Å²) in [7, 11) is 0. The first kappa shape index (κ1) is 20.3. The summed E-state index contributed by atoms with van der Waals surface area (Å²) in [6, 6.07) is 16.4. The zero-order chi connectivity index (χ0) is 21.1. The second kappa shape index (κ2) is 8.77. The maximum absolute atomic E-state index is 13.2. The van der Waals surface area contributed by atoms with Gasteiger partial charge in [0, 0.05) is 18.7 Å². The van der Waals surface area contributed by atoms with E-state index in [9.17, 15) is 19.1 Å². The number of amides is 2. The third kappa shape index (κ3) is 4.42. The molecule has 0 spiro atoms. The van der Waals surface area contributed by atoms with Gasteiger partial charge in [0.2, 0.25) is 0 Å². The molecule has 0 radical (unpaired) electrons. The summed E-state index contributed by atoms with van der Waals surface area (Å²) in [5.74, 6) is -0.648. The number of hydrogen-bond acceptors (Lipinski definition) is 4. The van der Waals surface area contributed by atoms with Crippen LogP contribution in [0.15, 0.2) is 66.0 Å². The second-order valence-electron chi connectivity index (χ2n) is 7.27. The van der Waals surface area contributed by atoms with Crippen molar-refractivity contribution in [3.05, 3.63) is 93.4 Å². The molecule has 0 unspecified atom stereocenters. The van der Waals surface area contributed by atoms with Crippen LogP contribution in [0.2, 0.25) is 0 Å². The zero-order valence-corrected chi connectivity index (χ0v) is 16.9. The first-order valence-electron chi connectivity index (χ1n) is 9.66. The molecule has 0 aliphatic carbocycles. The molecule has 4 rings (SSSR count). The van der Waals surface area contributed by atoms with E-state index in [4.69, 9.17) is 0 Å². The van der Waals surface area contributed by atoms with E-state index in [1.807, 2.05) is 11.4 Å². The molecule has 2 heterocycles. The van der Waals surface area contributed by atoms with E-state index in [0.717, 1.165) is 11.1 Å². The van der Waals surface area contributed by atoms with Crippen molar-refractivity contribution >= 4 is 23.2 Å². The Morgan fingerprint density at radius 2 is 1.83 bits per heavy atom. The van der Waals surface area contributed by atoms with Crippen molar-refractivity contribution in [3.8, 4) is 0 Å². The average Bonchev–Trinajstić information content (AvgIpc) is 3.42. The third-order valence-corrected chi connectivity index (χ3v) is 6.06. The number of benzene rings is 2. The monoisotopic (exact) mass is 424 g/mol. The fourth-order valence-corrected chi connectivity index (χ4v) is 4.29. The van der Waals surface area contributed by atoms with Gasteiger partial charge in [-0.25, -0.2) is 4.39 Å². The van der Waals surface area contributed by atoms with Gasteiger partial charge < -0.3 is 15.3 Å². The maximum atomic E-state index is 13.2. The largest absolute Gasteiger partial charge is 0.391 e. The number of hydrogen-bond donors (Lipinski definition) is 2. The van der Waals surface area contributed by atoms with E-state index in [2.05, 4.69) is 5.32 Å². The lowest BCUT2D eigenvalue weighted by Crippen LogP contribution is -2.31. The van der Waals surface area contributed by atoms with Gasteiger partial charge in [0.25, 0.3) is 11.8 Å². The number of aliphatic hydroxyl groups excluding tert-OH is 1. The van der Waals surface area contributed by atoms with Gasteiger partial charge in [-0.2, -0.15) is 0 Å². The maximum Gasteiger partial charge on any atom is 0.261 e. The van der Waals surface area contributed by atoms with Crippen LogP contribution in [0.4, 0.5) is 4.39 Å². The normalized spacial score (nSPS) is 18.4. The molecule has 7 heteroatoms. The number of nitrogens with zero attached hydrogens (tertiary/aromatic N) is 1. The molecule has 1 saturated heterocycles. The minimum absolute atomic E-state index is 0.127. The fourth-order valence-electron chi connectivity index (χ4n) is 3.65. The molecule has 1 aliphatic rings. The third-order valence-electron chi connectivity index (χ3n) is 5.19. The van der Waals surface area contributed by atoms with Crippen molar-refractivity contribution in [3.63, 3.8) is 0 Å². The average molecular weight is 424 g/mol. The van der Waals surface area contributed by atoms with Crippen molar-refractivity contribution in [2.24, 2.45) is 0 Å². The van der Waals surface area contributed by atoms with Gasteiger partial charge in [0.1, 0.15) is 5.82 Å². The summed E-state index contributed by atoms with van der Waals surface area (Å²) in [6.07, 6.45) is -0.194. The number of carbonyl (C=O) groups excluding carboxylic acids is 2. The number of aliphatic hydroxyl groups is 1. The molecule has 5 nitrogen and oxygen atoms in total. The number of halogens is 1. The predicted molar refractivity (Wildman–Crippen MR) is 113 cm³/mol. The number of nitrogens with one attached hydrogen (secondary N) is 1. The van der Waals surface area contributed by atoms with Gasteiger partial charge in [-0.05, 0) is 53.3 Å². The Bertz CT molecular complexity index is 1020. The highest BCUT2D eigenvalue weighted by molar-refractivity contribution is 7.12. The molecular weight excluding hydrogens is 403 g/mol. The van der Waals surface area contributed by atoms with E-state index in [1.54, 1.807) is 47.4 Å². The minimum Gasteiger partial charge on any atom is -0.391 e. The highest BCUT2D eigenvalue weighted by Crippen LogP contribution is 2.33. The molecule has 1 aromatic heterocycles. The highest BCUT2D eigenvalue weighted by atomic mass is 32.1. The molecule has 2 aromatic carbocycles. The van der Waals surface area contributed by atoms with Gasteiger partial charge in [-0.15, -0.1) is 11.3 Å². The standard InChI is InChI=1S/C23H21FN2O3S/c24-18-9-7-16(8-10-18)20-12-19(27)14-26(20)23(29)17-5-3-15(4-6-17)13-25-22(28)21-2-1-11-30-21/h1-11,19-20,27H,12-14H2,(H,25,28)/t19-,20+/m0/s1. The lowest BCUT2D eigenvalue weighted by Gasteiger charge is -2.25. The van der Waals surface area contributed by atoms with Crippen molar-refractivity contribution < 1.29 is 19.1 Å². The Kier molecular flexibility index (Phi) is 5.92. The van der Waals surface area contributed by atoms with E-state index in [0.29, 0.717) is 23.4 Å². The van der Waals surface area contributed by atoms with Gasteiger partial charge in [-0.3, -0.25) is 9.59 Å². The molecule has 2 N–H and O–H groups in total. The molecule has 2 amide bonds. The van der Waals surface area contributed by atoms with Crippen molar-refractivity contribution in [1.82, 2.24) is 10.2 Å². The van der Waals surface area contributed by atoms with Crippen LogP contribution in [0.3, 0.4) is 0 Å². The summed E-state index contributed by atoms with van der Waals surface area (Å²) in [4.78, 5) is 27.4.